The zero-order valence-electron chi connectivity index (χ0n) is 10.8. The third-order valence-corrected chi connectivity index (χ3v) is 5.05. The van der Waals surface area contributed by atoms with Gasteiger partial charge in [-0.25, -0.2) is 4.39 Å². The lowest BCUT2D eigenvalue weighted by Crippen LogP contribution is -2.58. The van der Waals surface area contributed by atoms with Crippen LogP contribution in [0.5, 0.6) is 0 Å². The van der Waals surface area contributed by atoms with Gasteiger partial charge in [0, 0.05) is 23.0 Å². The van der Waals surface area contributed by atoms with Crippen molar-refractivity contribution in [1.29, 1.82) is 0 Å². The molecular weight excluding hydrogens is 341 g/mol. The Morgan fingerprint density at radius 1 is 1.15 bits per heavy atom. The van der Waals surface area contributed by atoms with Crippen LogP contribution in [0.3, 0.4) is 0 Å². The van der Waals surface area contributed by atoms with Crippen LogP contribution in [0, 0.1) is 5.82 Å². The van der Waals surface area contributed by atoms with Gasteiger partial charge in [0.15, 0.2) is 0 Å². The van der Waals surface area contributed by atoms with E-state index in [9.17, 15) is 4.39 Å². The van der Waals surface area contributed by atoms with Crippen LogP contribution in [0.2, 0.25) is 5.02 Å². The highest BCUT2D eigenvalue weighted by atomic mass is 79.9. The first-order chi connectivity index (χ1) is 9.62. The number of halogens is 3. The van der Waals surface area contributed by atoms with E-state index < -0.39 is 0 Å². The van der Waals surface area contributed by atoms with Gasteiger partial charge in [-0.3, -0.25) is 0 Å². The Hall–Kier alpha value is -0.900. The Balaban J connectivity index is 1.99. The molecule has 1 fully saturated rings. The molecule has 20 heavy (non-hydrogen) atoms. The van der Waals surface area contributed by atoms with Crippen molar-refractivity contribution in [2.75, 3.05) is 13.1 Å². The van der Waals surface area contributed by atoms with Crippen molar-refractivity contribution in [2.45, 2.75) is 11.8 Å². The molecule has 2 aromatic rings. The molecule has 1 heterocycles. The van der Waals surface area contributed by atoms with Crippen LogP contribution >= 0.6 is 27.5 Å². The van der Waals surface area contributed by atoms with Crippen LogP contribution in [-0.4, -0.2) is 13.1 Å². The molecule has 2 aromatic carbocycles. The Kier molecular flexibility index (Phi) is 3.85. The van der Waals surface area contributed by atoms with Gasteiger partial charge in [-0.05, 0) is 29.7 Å². The molecule has 0 saturated carbocycles. The Morgan fingerprint density at radius 3 is 2.55 bits per heavy atom. The second kappa shape index (κ2) is 5.47. The average Bonchev–Trinajstić information content (AvgIpc) is 2.40. The quantitative estimate of drug-likeness (QED) is 0.865. The molecule has 1 aliphatic heterocycles. The fourth-order valence-corrected chi connectivity index (χ4v) is 3.68. The highest BCUT2D eigenvalue weighted by molar-refractivity contribution is 9.10. The fourth-order valence-electron chi connectivity index (χ4n) is 2.78. The van der Waals surface area contributed by atoms with Gasteiger partial charge in [-0.1, -0.05) is 57.9 Å². The van der Waals surface area contributed by atoms with E-state index in [1.807, 2.05) is 24.3 Å². The SMILES string of the molecule is Fc1cccc(CC2(c3ccccc3Br)CNC2)c1Cl. The van der Waals surface area contributed by atoms with Crippen molar-refractivity contribution >= 4 is 27.5 Å². The molecular formula is C16H14BrClFN. The molecule has 0 spiro atoms. The van der Waals surface area contributed by atoms with Crippen LogP contribution in [0.15, 0.2) is 46.9 Å². The summed E-state index contributed by atoms with van der Waals surface area (Å²) in [6, 6.07) is 13.2. The van der Waals surface area contributed by atoms with Crippen molar-refractivity contribution in [3.05, 3.63) is 68.9 Å². The summed E-state index contributed by atoms with van der Waals surface area (Å²) < 4.78 is 14.7. The predicted octanol–water partition coefficient (Wildman–Crippen LogP) is 4.33. The largest absolute Gasteiger partial charge is 0.315 e. The standard InChI is InChI=1S/C16H14BrClFN/c17-13-6-2-1-5-12(13)16(9-20-10-16)8-11-4-3-7-14(19)15(11)18/h1-7,20H,8-10H2. The number of rotatable bonds is 3. The van der Waals surface area contributed by atoms with Gasteiger partial charge in [0.2, 0.25) is 0 Å². The van der Waals surface area contributed by atoms with Crippen LogP contribution < -0.4 is 5.32 Å². The van der Waals surface area contributed by atoms with Gasteiger partial charge in [0.1, 0.15) is 5.82 Å². The summed E-state index contributed by atoms with van der Waals surface area (Å²) in [4.78, 5) is 0. The van der Waals surface area contributed by atoms with Crippen LogP contribution in [-0.2, 0) is 11.8 Å². The molecule has 0 aromatic heterocycles. The summed E-state index contributed by atoms with van der Waals surface area (Å²) >= 11 is 9.72. The predicted molar refractivity (Wildman–Crippen MR) is 83.8 cm³/mol. The lowest BCUT2D eigenvalue weighted by molar-refractivity contribution is 0.273. The first-order valence-electron chi connectivity index (χ1n) is 6.51. The highest BCUT2D eigenvalue weighted by Crippen LogP contribution is 2.38. The molecule has 0 atom stereocenters. The molecule has 1 N–H and O–H groups in total. The van der Waals surface area contributed by atoms with Crippen LogP contribution in [0.4, 0.5) is 4.39 Å². The lowest BCUT2D eigenvalue weighted by atomic mass is 9.71. The highest BCUT2D eigenvalue weighted by Gasteiger charge is 2.40. The Bertz CT molecular complexity index is 640. The third kappa shape index (κ3) is 2.39. The minimum absolute atomic E-state index is 0.0163. The maximum atomic E-state index is 13.6. The summed E-state index contributed by atoms with van der Waals surface area (Å²) in [6.07, 6.45) is 0.735. The van der Waals surface area contributed by atoms with Crippen molar-refractivity contribution in [3.63, 3.8) is 0 Å². The lowest BCUT2D eigenvalue weighted by Gasteiger charge is -2.44. The minimum atomic E-state index is -0.348. The number of hydrogen-bond acceptors (Lipinski definition) is 1. The molecule has 0 radical (unpaired) electrons. The van der Waals surface area contributed by atoms with E-state index in [1.54, 1.807) is 6.07 Å². The van der Waals surface area contributed by atoms with Gasteiger partial charge >= 0.3 is 0 Å². The first kappa shape index (κ1) is 14.1. The zero-order valence-corrected chi connectivity index (χ0v) is 13.1. The Labute approximate surface area is 131 Å². The molecule has 104 valence electrons. The molecule has 1 aliphatic rings. The average molecular weight is 355 g/mol. The second-order valence-corrected chi connectivity index (χ2v) is 6.49. The summed E-state index contributed by atoms with van der Waals surface area (Å²) in [7, 11) is 0. The maximum Gasteiger partial charge on any atom is 0.142 e. The molecule has 3 rings (SSSR count). The van der Waals surface area contributed by atoms with E-state index in [0.29, 0.717) is 0 Å². The van der Waals surface area contributed by atoms with E-state index in [-0.39, 0.29) is 16.3 Å². The van der Waals surface area contributed by atoms with E-state index in [1.165, 1.54) is 11.6 Å². The van der Waals surface area contributed by atoms with E-state index in [4.69, 9.17) is 11.6 Å². The van der Waals surface area contributed by atoms with Crippen LogP contribution in [0.1, 0.15) is 11.1 Å². The van der Waals surface area contributed by atoms with Crippen molar-refractivity contribution in [2.24, 2.45) is 0 Å². The molecule has 0 aliphatic carbocycles. The van der Waals surface area contributed by atoms with Gasteiger partial charge < -0.3 is 5.32 Å². The fraction of sp³-hybridized carbons (Fsp3) is 0.250. The van der Waals surface area contributed by atoms with Gasteiger partial charge in [0.05, 0.1) is 5.02 Å². The summed E-state index contributed by atoms with van der Waals surface area (Å²) in [6.45, 7) is 1.75. The van der Waals surface area contributed by atoms with Crippen LogP contribution in [0.25, 0.3) is 0 Å². The van der Waals surface area contributed by atoms with Gasteiger partial charge in [0.25, 0.3) is 0 Å². The summed E-state index contributed by atoms with van der Waals surface area (Å²) in [5, 5.41) is 3.57. The van der Waals surface area contributed by atoms with E-state index >= 15 is 0 Å². The van der Waals surface area contributed by atoms with Crippen molar-refractivity contribution in [3.8, 4) is 0 Å². The number of hydrogen-bond donors (Lipinski definition) is 1. The minimum Gasteiger partial charge on any atom is -0.315 e. The topological polar surface area (TPSA) is 12.0 Å². The zero-order chi connectivity index (χ0) is 14.2. The summed E-state index contributed by atoms with van der Waals surface area (Å²) in [5.74, 6) is -0.348. The molecule has 0 unspecified atom stereocenters. The molecule has 0 bridgehead atoms. The molecule has 1 saturated heterocycles. The Morgan fingerprint density at radius 2 is 1.90 bits per heavy atom. The maximum absolute atomic E-state index is 13.6. The monoisotopic (exact) mass is 353 g/mol. The normalized spacial score (nSPS) is 16.8. The van der Waals surface area contributed by atoms with Crippen molar-refractivity contribution in [1.82, 2.24) is 5.32 Å². The first-order valence-corrected chi connectivity index (χ1v) is 7.68. The molecule has 0 amide bonds. The number of benzene rings is 2. The second-order valence-electron chi connectivity index (χ2n) is 5.25. The van der Waals surface area contributed by atoms with Crippen molar-refractivity contribution < 1.29 is 4.39 Å². The molecule has 4 heteroatoms. The van der Waals surface area contributed by atoms with E-state index in [0.717, 1.165) is 29.5 Å². The van der Waals surface area contributed by atoms with E-state index in [2.05, 4.69) is 27.3 Å². The smallest absolute Gasteiger partial charge is 0.142 e. The number of nitrogens with one attached hydrogen (secondary N) is 1. The summed E-state index contributed by atoms with van der Waals surface area (Å²) in [5.41, 5.74) is 2.10. The third-order valence-electron chi connectivity index (χ3n) is 3.93. The van der Waals surface area contributed by atoms with Gasteiger partial charge in [-0.15, -0.1) is 0 Å². The molecule has 1 nitrogen and oxygen atoms in total. The van der Waals surface area contributed by atoms with Gasteiger partial charge in [-0.2, -0.15) is 0 Å².